The average Bonchev–Trinajstić information content (AvgIpc) is 3.11. The number of nitrogens with zero attached hydrogens (tertiary/aromatic N) is 7. The molecule has 0 aliphatic carbocycles. The number of piperazine rings is 1. The van der Waals surface area contributed by atoms with Gasteiger partial charge in [0.2, 0.25) is 5.95 Å². The lowest BCUT2D eigenvalue weighted by molar-refractivity contribution is 0.624. The molecule has 1 saturated heterocycles. The van der Waals surface area contributed by atoms with Crippen LogP contribution in [0.3, 0.4) is 0 Å². The molecule has 1 aliphatic rings. The normalized spacial score (nSPS) is 14.5. The maximum atomic E-state index is 4.93. The Balaban J connectivity index is 1.54. The maximum Gasteiger partial charge on any atom is 0.225 e. The molecular weight excluding hydrogens is 374 g/mol. The number of rotatable bonds is 3. The van der Waals surface area contributed by atoms with E-state index in [1.807, 2.05) is 16.6 Å². The Hall–Kier alpha value is -3.48. The van der Waals surface area contributed by atoms with Crippen molar-refractivity contribution >= 4 is 17.4 Å². The van der Waals surface area contributed by atoms with Crippen LogP contribution in [0.15, 0.2) is 48.8 Å². The second-order valence-corrected chi connectivity index (χ2v) is 7.73. The highest BCUT2D eigenvalue weighted by atomic mass is 15.4. The van der Waals surface area contributed by atoms with Crippen LogP contribution in [0, 0.1) is 20.8 Å². The van der Waals surface area contributed by atoms with Gasteiger partial charge in [0.25, 0.3) is 0 Å². The van der Waals surface area contributed by atoms with Crippen LogP contribution in [-0.4, -0.2) is 50.7 Å². The lowest BCUT2D eigenvalue weighted by Crippen LogP contribution is -2.48. The number of hydrogen-bond donors (Lipinski definition) is 0. The van der Waals surface area contributed by atoms with Crippen molar-refractivity contribution in [3.63, 3.8) is 0 Å². The van der Waals surface area contributed by atoms with Crippen LogP contribution in [0.4, 0.5) is 11.8 Å². The molecule has 1 fully saturated rings. The minimum Gasteiger partial charge on any atom is -0.353 e. The molecule has 0 unspecified atom stereocenters. The highest BCUT2D eigenvalue weighted by Crippen LogP contribution is 2.32. The first kappa shape index (κ1) is 18.5. The molecule has 30 heavy (non-hydrogen) atoms. The van der Waals surface area contributed by atoms with Gasteiger partial charge in [0, 0.05) is 55.4 Å². The summed E-state index contributed by atoms with van der Waals surface area (Å²) in [7, 11) is 0. The molecule has 0 amide bonds. The van der Waals surface area contributed by atoms with E-state index in [-0.39, 0.29) is 0 Å². The first-order valence-electron chi connectivity index (χ1n) is 10.3. The summed E-state index contributed by atoms with van der Waals surface area (Å²) in [5.41, 5.74) is 6.40. The van der Waals surface area contributed by atoms with Gasteiger partial charge in [0.05, 0.1) is 5.69 Å². The fourth-order valence-corrected chi connectivity index (χ4v) is 4.22. The van der Waals surface area contributed by atoms with Crippen LogP contribution >= 0.6 is 0 Å². The highest BCUT2D eigenvalue weighted by Gasteiger charge is 2.25. The molecule has 4 aromatic rings. The van der Waals surface area contributed by atoms with E-state index in [0.29, 0.717) is 0 Å². The molecule has 1 aromatic carbocycles. The molecule has 1 aliphatic heterocycles. The first-order valence-corrected chi connectivity index (χ1v) is 10.3. The van der Waals surface area contributed by atoms with Crippen molar-refractivity contribution in [1.82, 2.24) is 24.6 Å². The van der Waals surface area contributed by atoms with Crippen molar-refractivity contribution in [2.24, 2.45) is 0 Å². The molecular formula is C23H25N7. The average molecular weight is 400 g/mol. The van der Waals surface area contributed by atoms with E-state index in [1.54, 1.807) is 12.4 Å². The molecule has 0 saturated carbocycles. The summed E-state index contributed by atoms with van der Waals surface area (Å²) < 4.78 is 2.04. The summed E-state index contributed by atoms with van der Waals surface area (Å²) in [6, 6.07) is 12.3. The third-order valence-electron chi connectivity index (χ3n) is 5.87. The lowest BCUT2D eigenvalue weighted by Gasteiger charge is -2.36. The zero-order valence-corrected chi connectivity index (χ0v) is 17.6. The van der Waals surface area contributed by atoms with Gasteiger partial charge in [-0.2, -0.15) is 9.61 Å². The summed E-state index contributed by atoms with van der Waals surface area (Å²) in [4.78, 5) is 18.4. The smallest absolute Gasteiger partial charge is 0.225 e. The number of hydrogen-bond acceptors (Lipinski definition) is 6. The van der Waals surface area contributed by atoms with Crippen LogP contribution in [0.25, 0.3) is 16.8 Å². The van der Waals surface area contributed by atoms with Crippen molar-refractivity contribution in [2.75, 3.05) is 36.0 Å². The predicted octanol–water partition coefficient (Wildman–Crippen LogP) is 3.44. The van der Waals surface area contributed by atoms with Crippen molar-refractivity contribution in [2.45, 2.75) is 20.8 Å². The Kier molecular flexibility index (Phi) is 4.58. The van der Waals surface area contributed by atoms with Gasteiger partial charge in [0.15, 0.2) is 5.65 Å². The Morgan fingerprint density at radius 1 is 0.767 bits per heavy atom. The minimum absolute atomic E-state index is 0.797. The summed E-state index contributed by atoms with van der Waals surface area (Å²) in [5.74, 6) is 1.93. The molecule has 7 nitrogen and oxygen atoms in total. The van der Waals surface area contributed by atoms with Crippen molar-refractivity contribution in [3.8, 4) is 11.1 Å². The Bertz CT molecular complexity index is 1180. The zero-order chi connectivity index (χ0) is 20.7. The summed E-state index contributed by atoms with van der Waals surface area (Å²) in [6.45, 7) is 9.81. The van der Waals surface area contributed by atoms with Crippen molar-refractivity contribution < 1.29 is 0 Å². The third kappa shape index (κ3) is 3.07. The van der Waals surface area contributed by atoms with Crippen LogP contribution in [0.2, 0.25) is 0 Å². The largest absolute Gasteiger partial charge is 0.353 e. The zero-order valence-electron chi connectivity index (χ0n) is 17.6. The predicted molar refractivity (Wildman–Crippen MR) is 119 cm³/mol. The number of benzene rings is 1. The quantitative estimate of drug-likeness (QED) is 0.526. The van der Waals surface area contributed by atoms with Gasteiger partial charge in [-0.25, -0.2) is 15.0 Å². The van der Waals surface area contributed by atoms with Crippen molar-refractivity contribution in [1.29, 1.82) is 0 Å². The van der Waals surface area contributed by atoms with E-state index in [9.17, 15) is 0 Å². The van der Waals surface area contributed by atoms with Crippen molar-refractivity contribution in [3.05, 3.63) is 65.7 Å². The van der Waals surface area contributed by atoms with E-state index in [0.717, 1.165) is 66.1 Å². The topological polar surface area (TPSA) is 62.5 Å². The molecule has 7 heteroatoms. The number of fused-ring (bicyclic) bond motifs is 1. The molecule has 152 valence electrons. The van der Waals surface area contributed by atoms with Crippen LogP contribution in [0.1, 0.15) is 17.0 Å². The molecule has 0 spiro atoms. The molecule has 0 N–H and O–H groups in total. The number of aryl methyl sites for hydroxylation is 2. The molecule has 0 atom stereocenters. The maximum absolute atomic E-state index is 4.93. The summed E-state index contributed by atoms with van der Waals surface area (Å²) in [6.07, 6.45) is 3.60. The molecule has 0 bridgehead atoms. The van der Waals surface area contributed by atoms with Gasteiger partial charge in [-0.15, -0.1) is 0 Å². The van der Waals surface area contributed by atoms with E-state index < -0.39 is 0 Å². The van der Waals surface area contributed by atoms with E-state index in [1.165, 1.54) is 5.56 Å². The van der Waals surface area contributed by atoms with Gasteiger partial charge in [-0.1, -0.05) is 30.3 Å². The number of anilines is 2. The Morgan fingerprint density at radius 2 is 1.43 bits per heavy atom. The van der Waals surface area contributed by atoms with Crippen LogP contribution in [-0.2, 0) is 0 Å². The molecule has 4 heterocycles. The van der Waals surface area contributed by atoms with E-state index >= 15 is 0 Å². The van der Waals surface area contributed by atoms with Gasteiger partial charge >= 0.3 is 0 Å². The molecule has 3 aromatic heterocycles. The second-order valence-electron chi connectivity index (χ2n) is 7.73. The van der Waals surface area contributed by atoms with Gasteiger partial charge in [0.1, 0.15) is 5.82 Å². The highest BCUT2D eigenvalue weighted by molar-refractivity contribution is 5.81. The monoisotopic (exact) mass is 399 g/mol. The minimum atomic E-state index is 0.797. The van der Waals surface area contributed by atoms with Gasteiger partial charge in [-0.3, -0.25) is 0 Å². The standard InChI is InChI=1S/C23H25N7/c1-16-17(2)26-21-20(19-8-5-4-6-9-19)18(3)27-30(21)22(16)28-12-14-29(15-13-28)23-24-10-7-11-25-23/h4-11H,12-15H2,1-3H3. The van der Waals surface area contributed by atoms with Gasteiger partial charge in [-0.05, 0) is 32.4 Å². The summed E-state index contributed by atoms with van der Waals surface area (Å²) in [5, 5.41) is 4.92. The van der Waals surface area contributed by atoms with Gasteiger partial charge < -0.3 is 9.80 Å². The Morgan fingerprint density at radius 3 is 2.13 bits per heavy atom. The SMILES string of the molecule is Cc1nc2c(-c3ccccc3)c(C)nn2c(N2CCN(c3ncccn3)CC2)c1C. The first-order chi connectivity index (χ1) is 14.6. The molecule has 5 rings (SSSR count). The number of aromatic nitrogens is 5. The van der Waals surface area contributed by atoms with Crippen LogP contribution < -0.4 is 9.80 Å². The fraction of sp³-hybridized carbons (Fsp3) is 0.304. The Labute approximate surface area is 176 Å². The van der Waals surface area contributed by atoms with Crippen LogP contribution in [0.5, 0.6) is 0 Å². The lowest BCUT2D eigenvalue weighted by atomic mass is 10.1. The third-order valence-corrected chi connectivity index (χ3v) is 5.87. The van der Waals surface area contributed by atoms with E-state index in [4.69, 9.17) is 10.1 Å². The summed E-state index contributed by atoms with van der Waals surface area (Å²) >= 11 is 0. The van der Waals surface area contributed by atoms with E-state index in [2.05, 4.69) is 64.8 Å². The second kappa shape index (κ2) is 7.40. The fourth-order valence-electron chi connectivity index (χ4n) is 4.22. The molecule has 0 radical (unpaired) electrons.